The second-order valence-electron chi connectivity index (χ2n) is 4.37. The zero-order chi connectivity index (χ0) is 13.4. The Morgan fingerprint density at radius 1 is 1.28 bits per heavy atom. The van der Waals surface area contributed by atoms with E-state index >= 15 is 0 Å². The summed E-state index contributed by atoms with van der Waals surface area (Å²) in [7, 11) is 0. The Balaban J connectivity index is 2.91. The van der Waals surface area contributed by atoms with E-state index in [1.807, 2.05) is 25.1 Å². The molecule has 102 valence electrons. The van der Waals surface area contributed by atoms with Crippen LogP contribution in [0.2, 0.25) is 5.02 Å². The van der Waals surface area contributed by atoms with Gasteiger partial charge in [0.2, 0.25) is 0 Å². The molecular formula is C15H24ClNO. The first kappa shape index (κ1) is 15.5. The van der Waals surface area contributed by atoms with Gasteiger partial charge in [-0.2, -0.15) is 0 Å². The maximum absolute atomic E-state index is 6.08. The van der Waals surface area contributed by atoms with E-state index in [1.165, 1.54) is 5.56 Å². The molecule has 0 bridgehead atoms. The van der Waals surface area contributed by atoms with E-state index in [9.17, 15) is 0 Å². The maximum Gasteiger partial charge on any atom is 0.0769 e. The van der Waals surface area contributed by atoms with E-state index < -0.39 is 0 Å². The third-order valence-corrected chi connectivity index (χ3v) is 3.19. The normalized spacial score (nSPS) is 14.4. The van der Waals surface area contributed by atoms with Gasteiger partial charge in [-0.15, -0.1) is 0 Å². The zero-order valence-electron chi connectivity index (χ0n) is 11.6. The number of benzene rings is 1. The van der Waals surface area contributed by atoms with E-state index in [2.05, 4.69) is 25.2 Å². The van der Waals surface area contributed by atoms with Crippen LogP contribution in [-0.2, 0) is 4.74 Å². The fraction of sp³-hybridized carbons (Fsp3) is 0.600. The lowest BCUT2D eigenvalue weighted by Gasteiger charge is -2.28. The van der Waals surface area contributed by atoms with Crippen LogP contribution >= 0.6 is 11.6 Å². The van der Waals surface area contributed by atoms with Crippen LogP contribution in [0.4, 0.5) is 0 Å². The van der Waals surface area contributed by atoms with Crippen LogP contribution in [0.3, 0.4) is 0 Å². The third kappa shape index (κ3) is 4.60. The van der Waals surface area contributed by atoms with Crippen LogP contribution in [0, 0.1) is 0 Å². The highest BCUT2D eigenvalue weighted by Crippen LogP contribution is 2.25. The summed E-state index contributed by atoms with van der Waals surface area (Å²) in [6.45, 7) is 8.01. The van der Waals surface area contributed by atoms with Gasteiger partial charge in [0.25, 0.3) is 0 Å². The van der Waals surface area contributed by atoms with E-state index in [1.54, 1.807) is 0 Å². The summed E-state index contributed by atoms with van der Waals surface area (Å²) >= 11 is 6.08. The van der Waals surface area contributed by atoms with Gasteiger partial charge < -0.3 is 10.1 Å². The van der Waals surface area contributed by atoms with Gasteiger partial charge in [-0.3, -0.25) is 0 Å². The summed E-state index contributed by atoms with van der Waals surface area (Å²) in [5.41, 5.74) is 1.20. The van der Waals surface area contributed by atoms with Gasteiger partial charge in [-0.1, -0.05) is 44.0 Å². The molecule has 1 rings (SSSR count). The summed E-state index contributed by atoms with van der Waals surface area (Å²) in [4.78, 5) is 0. The summed E-state index contributed by atoms with van der Waals surface area (Å²) in [5, 5.41) is 4.29. The minimum atomic E-state index is 0.207. The monoisotopic (exact) mass is 269 g/mol. The standard InChI is InChI=1S/C15H24ClNO/c1-4-8-14(18-6-3)15(17-5-2)12-9-7-10-13(16)11-12/h7,9-11,14-15,17H,4-6,8H2,1-3H3. The van der Waals surface area contributed by atoms with Crippen LogP contribution in [-0.4, -0.2) is 19.3 Å². The third-order valence-electron chi connectivity index (χ3n) is 2.96. The van der Waals surface area contributed by atoms with E-state index in [0.29, 0.717) is 0 Å². The lowest BCUT2D eigenvalue weighted by molar-refractivity contribution is 0.0280. The summed E-state index contributed by atoms with van der Waals surface area (Å²) < 4.78 is 5.89. The number of likely N-dealkylation sites (N-methyl/N-ethyl adjacent to an activating group) is 1. The van der Waals surface area contributed by atoms with Gasteiger partial charge in [-0.25, -0.2) is 0 Å². The molecule has 0 aliphatic heterocycles. The van der Waals surface area contributed by atoms with E-state index in [0.717, 1.165) is 31.0 Å². The van der Waals surface area contributed by atoms with E-state index in [4.69, 9.17) is 16.3 Å². The van der Waals surface area contributed by atoms with Crippen molar-refractivity contribution in [3.05, 3.63) is 34.9 Å². The molecule has 1 aromatic carbocycles. The van der Waals surface area contributed by atoms with Crippen molar-refractivity contribution < 1.29 is 4.74 Å². The molecule has 0 amide bonds. The minimum absolute atomic E-state index is 0.207. The van der Waals surface area contributed by atoms with Gasteiger partial charge >= 0.3 is 0 Å². The zero-order valence-corrected chi connectivity index (χ0v) is 12.3. The summed E-state index contributed by atoms with van der Waals surface area (Å²) in [5.74, 6) is 0. The molecule has 0 heterocycles. The lowest BCUT2D eigenvalue weighted by atomic mass is 9.98. The van der Waals surface area contributed by atoms with Gasteiger partial charge in [0.15, 0.2) is 0 Å². The van der Waals surface area contributed by atoms with Gasteiger partial charge in [0.1, 0.15) is 0 Å². The fourth-order valence-electron chi connectivity index (χ4n) is 2.23. The van der Waals surface area contributed by atoms with Gasteiger partial charge in [-0.05, 0) is 37.6 Å². The maximum atomic E-state index is 6.08. The van der Waals surface area contributed by atoms with Crippen molar-refractivity contribution in [2.24, 2.45) is 0 Å². The van der Waals surface area contributed by atoms with Crippen molar-refractivity contribution in [2.75, 3.05) is 13.2 Å². The number of hydrogen-bond acceptors (Lipinski definition) is 2. The summed E-state index contributed by atoms with van der Waals surface area (Å²) in [6.07, 6.45) is 2.38. The Hall–Kier alpha value is -0.570. The molecule has 0 radical (unpaired) electrons. The van der Waals surface area contributed by atoms with Crippen LogP contribution < -0.4 is 5.32 Å². The van der Waals surface area contributed by atoms with Crippen LogP contribution in [0.15, 0.2) is 24.3 Å². The van der Waals surface area contributed by atoms with Crippen molar-refractivity contribution in [1.82, 2.24) is 5.32 Å². The fourth-order valence-corrected chi connectivity index (χ4v) is 2.43. The molecular weight excluding hydrogens is 246 g/mol. The summed E-state index contributed by atoms with van der Waals surface area (Å²) in [6, 6.07) is 8.26. The number of halogens is 1. The molecule has 0 saturated heterocycles. The molecule has 0 aliphatic rings. The lowest BCUT2D eigenvalue weighted by Crippen LogP contribution is -2.34. The Labute approximate surface area is 116 Å². The minimum Gasteiger partial charge on any atom is -0.377 e. The first-order chi connectivity index (χ1) is 8.72. The molecule has 0 saturated carbocycles. The highest BCUT2D eigenvalue weighted by Gasteiger charge is 2.22. The highest BCUT2D eigenvalue weighted by atomic mass is 35.5. The molecule has 2 nitrogen and oxygen atoms in total. The SMILES string of the molecule is CCCC(OCC)C(NCC)c1cccc(Cl)c1. The first-order valence-electron chi connectivity index (χ1n) is 6.83. The topological polar surface area (TPSA) is 21.3 Å². The Morgan fingerprint density at radius 3 is 2.61 bits per heavy atom. The molecule has 1 aromatic rings. The Bertz CT molecular complexity index is 337. The molecule has 18 heavy (non-hydrogen) atoms. The van der Waals surface area contributed by atoms with Crippen molar-refractivity contribution in [1.29, 1.82) is 0 Å². The number of rotatable bonds is 8. The molecule has 0 aliphatic carbocycles. The quantitative estimate of drug-likeness (QED) is 0.764. The average Bonchev–Trinajstić information content (AvgIpc) is 2.36. The number of hydrogen-bond donors (Lipinski definition) is 1. The smallest absolute Gasteiger partial charge is 0.0769 e. The van der Waals surface area contributed by atoms with Crippen LogP contribution in [0.1, 0.15) is 45.2 Å². The van der Waals surface area contributed by atoms with Gasteiger partial charge in [0.05, 0.1) is 12.1 Å². The average molecular weight is 270 g/mol. The highest BCUT2D eigenvalue weighted by molar-refractivity contribution is 6.30. The molecule has 1 N–H and O–H groups in total. The molecule has 0 aromatic heterocycles. The predicted molar refractivity (Wildman–Crippen MR) is 78.2 cm³/mol. The Kier molecular flexibility index (Phi) is 7.33. The Morgan fingerprint density at radius 2 is 2.06 bits per heavy atom. The largest absolute Gasteiger partial charge is 0.377 e. The van der Waals surface area contributed by atoms with E-state index in [-0.39, 0.29) is 12.1 Å². The van der Waals surface area contributed by atoms with Crippen molar-refractivity contribution in [2.45, 2.75) is 45.8 Å². The van der Waals surface area contributed by atoms with Crippen LogP contribution in [0.25, 0.3) is 0 Å². The molecule has 2 atom stereocenters. The van der Waals surface area contributed by atoms with Gasteiger partial charge in [0, 0.05) is 11.6 Å². The van der Waals surface area contributed by atoms with Crippen molar-refractivity contribution in [3.63, 3.8) is 0 Å². The van der Waals surface area contributed by atoms with Crippen molar-refractivity contribution in [3.8, 4) is 0 Å². The second-order valence-corrected chi connectivity index (χ2v) is 4.81. The second kappa shape index (κ2) is 8.52. The number of ether oxygens (including phenoxy) is 1. The number of nitrogens with one attached hydrogen (secondary N) is 1. The molecule has 3 heteroatoms. The molecule has 0 spiro atoms. The van der Waals surface area contributed by atoms with Crippen molar-refractivity contribution >= 4 is 11.6 Å². The van der Waals surface area contributed by atoms with Crippen LogP contribution in [0.5, 0.6) is 0 Å². The first-order valence-corrected chi connectivity index (χ1v) is 7.21. The molecule has 0 fully saturated rings. The molecule has 2 unspecified atom stereocenters. The predicted octanol–water partition coefficient (Wildman–Crippen LogP) is 4.20.